The highest BCUT2D eigenvalue weighted by Crippen LogP contribution is 2.27. The average Bonchev–Trinajstić information content (AvgIpc) is 2.84. The Balaban J connectivity index is 1.80. The molecule has 1 aliphatic rings. The maximum atomic E-state index is 12.0. The highest BCUT2D eigenvalue weighted by Gasteiger charge is 2.21. The minimum atomic E-state index is 0.229. The molecule has 0 saturated carbocycles. The van der Waals surface area contributed by atoms with Gasteiger partial charge in [0, 0.05) is 13.1 Å². The zero-order valence-corrected chi connectivity index (χ0v) is 13.0. The van der Waals surface area contributed by atoms with E-state index in [1.807, 2.05) is 11.2 Å². The van der Waals surface area contributed by atoms with Crippen LogP contribution in [0.1, 0.15) is 19.8 Å². The van der Waals surface area contributed by atoms with Gasteiger partial charge in [0.05, 0.1) is 5.75 Å². The molecule has 7 heteroatoms. The van der Waals surface area contributed by atoms with Crippen LogP contribution in [-0.2, 0) is 4.79 Å². The van der Waals surface area contributed by atoms with Crippen LogP contribution in [0, 0.1) is 5.92 Å². The van der Waals surface area contributed by atoms with E-state index in [9.17, 15) is 4.79 Å². The summed E-state index contributed by atoms with van der Waals surface area (Å²) in [5.41, 5.74) is 0. The molecule has 4 nitrogen and oxygen atoms in total. The Bertz CT molecular complexity index is 410. The van der Waals surface area contributed by atoms with E-state index in [0.717, 1.165) is 28.2 Å². The van der Waals surface area contributed by atoms with Gasteiger partial charge in [0.2, 0.25) is 5.91 Å². The van der Waals surface area contributed by atoms with Gasteiger partial charge >= 0.3 is 0 Å². The Hall–Kier alpha value is -0.270. The van der Waals surface area contributed by atoms with Crippen molar-refractivity contribution in [2.24, 2.45) is 5.92 Å². The molecule has 0 aromatic carbocycles. The normalized spacial score (nSPS) is 20.1. The van der Waals surface area contributed by atoms with Crippen LogP contribution in [-0.4, -0.2) is 46.1 Å². The lowest BCUT2D eigenvalue weighted by Gasteiger charge is -2.30. The number of carbonyl (C=O) groups is 1. The van der Waals surface area contributed by atoms with E-state index in [4.69, 9.17) is 0 Å². The summed E-state index contributed by atoms with van der Waals surface area (Å²) in [4.78, 5) is 14.0. The van der Waals surface area contributed by atoms with Crippen LogP contribution >= 0.6 is 34.9 Å². The summed E-state index contributed by atoms with van der Waals surface area (Å²) < 4.78 is 1.84. The van der Waals surface area contributed by atoms with Gasteiger partial charge in [-0.3, -0.25) is 4.79 Å². The van der Waals surface area contributed by atoms with E-state index in [-0.39, 0.29) is 5.91 Å². The summed E-state index contributed by atoms with van der Waals surface area (Å²) in [6.07, 6.45) is 4.35. The zero-order chi connectivity index (χ0) is 13.0. The first kappa shape index (κ1) is 14.1. The van der Waals surface area contributed by atoms with Gasteiger partial charge in [0.25, 0.3) is 0 Å². The van der Waals surface area contributed by atoms with Crippen molar-refractivity contribution in [1.82, 2.24) is 15.1 Å². The lowest BCUT2D eigenvalue weighted by Crippen LogP contribution is -2.40. The third kappa shape index (κ3) is 3.86. The fourth-order valence-electron chi connectivity index (χ4n) is 1.97. The molecular weight excluding hydrogens is 286 g/mol. The zero-order valence-electron chi connectivity index (χ0n) is 10.6. The number of hydrogen-bond donors (Lipinski definition) is 0. The topological polar surface area (TPSA) is 46.1 Å². The van der Waals surface area contributed by atoms with Crippen molar-refractivity contribution in [2.75, 3.05) is 25.1 Å². The lowest BCUT2D eigenvalue weighted by molar-refractivity contribution is -0.130. The third-order valence-corrected chi connectivity index (χ3v) is 5.91. The predicted octanol–water partition coefficient (Wildman–Crippen LogP) is 2.61. The van der Waals surface area contributed by atoms with Crippen LogP contribution in [0.3, 0.4) is 0 Å². The number of carbonyl (C=O) groups excluding carboxylic acids is 1. The van der Waals surface area contributed by atoms with Crippen LogP contribution in [0.15, 0.2) is 8.68 Å². The van der Waals surface area contributed by atoms with Crippen LogP contribution in [0.5, 0.6) is 0 Å². The largest absolute Gasteiger partial charge is 0.342 e. The maximum absolute atomic E-state index is 12.0. The number of piperidine rings is 1. The smallest absolute Gasteiger partial charge is 0.233 e. The van der Waals surface area contributed by atoms with Crippen LogP contribution < -0.4 is 0 Å². The second-order valence-corrected chi connectivity index (χ2v) is 7.67. The molecule has 1 aromatic heterocycles. The molecule has 1 aliphatic heterocycles. The molecule has 18 heavy (non-hydrogen) atoms. The predicted molar refractivity (Wildman–Crippen MR) is 77.4 cm³/mol. The molecule has 1 amide bonds. The summed E-state index contributed by atoms with van der Waals surface area (Å²) >= 11 is 4.64. The fraction of sp³-hybridized carbons (Fsp3) is 0.727. The van der Waals surface area contributed by atoms with Gasteiger partial charge in [0.15, 0.2) is 8.68 Å². The van der Waals surface area contributed by atoms with E-state index >= 15 is 0 Å². The summed E-state index contributed by atoms with van der Waals surface area (Å²) in [7, 11) is 0. The number of aromatic nitrogens is 2. The van der Waals surface area contributed by atoms with Gasteiger partial charge in [0.1, 0.15) is 0 Å². The van der Waals surface area contributed by atoms with Crippen molar-refractivity contribution in [3.8, 4) is 0 Å². The first-order valence-corrected chi connectivity index (χ1v) is 9.00. The molecule has 0 bridgehead atoms. The summed E-state index contributed by atoms with van der Waals surface area (Å²) in [5, 5.41) is 8.08. The number of rotatable bonds is 4. The quantitative estimate of drug-likeness (QED) is 0.800. The van der Waals surface area contributed by atoms with Crippen molar-refractivity contribution >= 4 is 40.8 Å². The highest BCUT2D eigenvalue weighted by molar-refractivity contribution is 8.03. The fourth-order valence-corrected chi connectivity index (χ4v) is 4.31. The van der Waals surface area contributed by atoms with E-state index in [1.165, 1.54) is 18.2 Å². The molecule has 1 atom stereocenters. The Labute approximate surface area is 120 Å². The minimum Gasteiger partial charge on any atom is -0.342 e. The van der Waals surface area contributed by atoms with Crippen LogP contribution in [0.4, 0.5) is 0 Å². The van der Waals surface area contributed by atoms with E-state index in [0.29, 0.717) is 11.7 Å². The molecule has 1 saturated heterocycles. The maximum Gasteiger partial charge on any atom is 0.233 e. The number of amides is 1. The average molecular weight is 303 g/mol. The van der Waals surface area contributed by atoms with Gasteiger partial charge in [-0.25, -0.2) is 0 Å². The van der Waals surface area contributed by atoms with Crippen molar-refractivity contribution in [1.29, 1.82) is 0 Å². The number of thioether (sulfide) groups is 2. The Morgan fingerprint density at radius 1 is 1.50 bits per heavy atom. The second kappa shape index (κ2) is 6.77. The molecule has 1 unspecified atom stereocenters. The molecule has 0 N–H and O–H groups in total. The minimum absolute atomic E-state index is 0.229. The molecule has 0 radical (unpaired) electrons. The van der Waals surface area contributed by atoms with Gasteiger partial charge in [-0.15, -0.1) is 10.2 Å². The molecule has 0 spiro atoms. The molecule has 0 aliphatic carbocycles. The Kier molecular flexibility index (Phi) is 5.32. The van der Waals surface area contributed by atoms with Gasteiger partial charge < -0.3 is 4.90 Å². The Morgan fingerprint density at radius 3 is 2.94 bits per heavy atom. The second-order valence-electron chi connectivity index (χ2n) is 4.41. The standard InChI is InChI=1S/C11H17N3OS3/c1-8-4-3-5-14(6-8)9(15)7-17-11-13-12-10(16-2)18-11/h8H,3-7H2,1-2H3. The van der Waals surface area contributed by atoms with E-state index in [2.05, 4.69) is 17.1 Å². The summed E-state index contributed by atoms with van der Waals surface area (Å²) in [5.74, 6) is 1.35. The first-order chi connectivity index (χ1) is 8.69. The number of likely N-dealkylation sites (tertiary alicyclic amines) is 1. The van der Waals surface area contributed by atoms with Crippen LogP contribution in [0.2, 0.25) is 0 Å². The molecule has 2 heterocycles. The Morgan fingerprint density at radius 2 is 2.28 bits per heavy atom. The summed E-state index contributed by atoms with van der Waals surface area (Å²) in [6, 6.07) is 0. The third-order valence-electron chi connectivity index (χ3n) is 2.89. The van der Waals surface area contributed by atoms with Crippen molar-refractivity contribution in [3.05, 3.63) is 0 Å². The highest BCUT2D eigenvalue weighted by atomic mass is 32.2. The summed E-state index contributed by atoms with van der Waals surface area (Å²) in [6.45, 7) is 4.03. The van der Waals surface area contributed by atoms with E-state index in [1.54, 1.807) is 23.1 Å². The molecule has 1 aromatic rings. The monoisotopic (exact) mass is 303 g/mol. The molecule has 100 valence electrons. The molecule has 2 rings (SSSR count). The van der Waals surface area contributed by atoms with Gasteiger partial charge in [-0.1, -0.05) is 41.8 Å². The lowest BCUT2D eigenvalue weighted by atomic mass is 10.0. The van der Waals surface area contributed by atoms with Crippen molar-refractivity contribution < 1.29 is 4.79 Å². The molecule has 1 fully saturated rings. The SMILES string of the molecule is CSc1nnc(SCC(=O)N2CCCC(C)C2)s1. The van der Waals surface area contributed by atoms with Gasteiger partial charge in [-0.05, 0) is 25.0 Å². The number of hydrogen-bond acceptors (Lipinski definition) is 6. The first-order valence-electron chi connectivity index (χ1n) is 5.97. The molecular formula is C11H17N3OS3. The van der Waals surface area contributed by atoms with Crippen molar-refractivity contribution in [2.45, 2.75) is 28.4 Å². The van der Waals surface area contributed by atoms with Gasteiger partial charge in [-0.2, -0.15) is 0 Å². The van der Waals surface area contributed by atoms with Crippen molar-refractivity contribution in [3.63, 3.8) is 0 Å². The number of nitrogens with zero attached hydrogens (tertiary/aromatic N) is 3. The van der Waals surface area contributed by atoms with Crippen LogP contribution in [0.25, 0.3) is 0 Å². The van der Waals surface area contributed by atoms with E-state index < -0.39 is 0 Å².